The zero-order valence-corrected chi connectivity index (χ0v) is 14.9. The number of para-hydroxylation sites is 1. The van der Waals surface area contributed by atoms with Gasteiger partial charge in [0, 0.05) is 29.9 Å². The van der Waals surface area contributed by atoms with E-state index in [1.807, 2.05) is 24.3 Å². The summed E-state index contributed by atoms with van der Waals surface area (Å²) in [7, 11) is -3.59. The number of nitrogens with zero attached hydrogens (tertiary/aromatic N) is 2. The Hall–Kier alpha value is -2.58. The summed E-state index contributed by atoms with van der Waals surface area (Å²) in [4.78, 5) is 2.21. The summed E-state index contributed by atoms with van der Waals surface area (Å²) < 4.78 is 38.1. The topological polar surface area (TPSA) is 84.7 Å². The lowest BCUT2D eigenvalue weighted by Gasteiger charge is -2.28. The predicted octanol–water partition coefficient (Wildman–Crippen LogP) is 2.61. The highest BCUT2D eigenvalue weighted by Crippen LogP contribution is 2.22. The van der Waals surface area contributed by atoms with Crippen molar-refractivity contribution in [3.8, 4) is 0 Å². The summed E-state index contributed by atoms with van der Waals surface area (Å²) in [6.07, 6.45) is 0. The first kappa shape index (κ1) is 16.9. The monoisotopic (exact) mass is 373 g/mol. The maximum atomic E-state index is 12.5. The summed E-state index contributed by atoms with van der Waals surface area (Å²) >= 11 is 0. The van der Waals surface area contributed by atoms with Gasteiger partial charge in [-0.2, -0.15) is 0 Å². The summed E-state index contributed by atoms with van der Waals surface area (Å²) in [6.45, 7) is 3.09. The van der Waals surface area contributed by atoms with Crippen molar-refractivity contribution in [3.63, 3.8) is 0 Å². The summed E-state index contributed by atoms with van der Waals surface area (Å²) in [5.74, 6) is -0.241. The fourth-order valence-corrected chi connectivity index (χ4v) is 4.14. The number of rotatable bonds is 5. The number of benzene rings is 2. The number of anilines is 2. The van der Waals surface area contributed by atoms with Crippen molar-refractivity contribution in [3.05, 3.63) is 54.2 Å². The van der Waals surface area contributed by atoms with Crippen molar-refractivity contribution in [2.24, 2.45) is 0 Å². The zero-order chi connectivity index (χ0) is 18.0. The van der Waals surface area contributed by atoms with E-state index in [1.165, 1.54) is 0 Å². The van der Waals surface area contributed by atoms with E-state index in [1.54, 1.807) is 24.3 Å². The van der Waals surface area contributed by atoms with Gasteiger partial charge in [-0.1, -0.05) is 17.3 Å². The standard InChI is InChI=1S/C18H19N3O4S/c22-26(23,13-17-16-3-1-2-4-18(16)25-19-17)20-14-5-7-15(8-6-14)21-9-11-24-12-10-21/h1-8,20H,9-13H2. The van der Waals surface area contributed by atoms with E-state index < -0.39 is 10.0 Å². The van der Waals surface area contributed by atoms with Crippen LogP contribution in [0.15, 0.2) is 53.1 Å². The lowest BCUT2D eigenvalue weighted by Crippen LogP contribution is -2.36. The Morgan fingerprint density at radius 1 is 1.04 bits per heavy atom. The predicted molar refractivity (Wildman–Crippen MR) is 99.7 cm³/mol. The molecule has 0 aliphatic carbocycles. The Morgan fingerprint density at radius 2 is 1.77 bits per heavy atom. The summed E-state index contributed by atoms with van der Waals surface area (Å²) in [5, 5.41) is 4.59. The second-order valence-electron chi connectivity index (χ2n) is 6.13. The second kappa shape index (κ2) is 6.97. The molecule has 0 amide bonds. The van der Waals surface area contributed by atoms with E-state index in [4.69, 9.17) is 9.26 Å². The number of ether oxygens (including phenoxy) is 1. The van der Waals surface area contributed by atoms with Gasteiger partial charge in [0.25, 0.3) is 0 Å². The van der Waals surface area contributed by atoms with Gasteiger partial charge in [0.1, 0.15) is 11.4 Å². The average Bonchev–Trinajstić information content (AvgIpc) is 3.05. The molecule has 8 heteroatoms. The molecule has 0 radical (unpaired) electrons. The first-order valence-corrected chi connectivity index (χ1v) is 10.0. The first-order valence-electron chi connectivity index (χ1n) is 8.37. The normalized spacial score (nSPS) is 15.3. The number of nitrogens with one attached hydrogen (secondary N) is 1. The molecule has 4 rings (SSSR count). The molecule has 1 fully saturated rings. The van der Waals surface area contributed by atoms with Gasteiger partial charge < -0.3 is 14.2 Å². The first-order chi connectivity index (χ1) is 12.6. The van der Waals surface area contributed by atoms with Gasteiger partial charge >= 0.3 is 0 Å². The van der Waals surface area contributed by atoms with Crippen LogP contribution in [-0.2, 0) is 20.5 Å². The molecule has 136 valence electrons. The van der Waals surface area contributed by atoms with Crippen LogP contribution < -0.4 is 9.62 Å². The van der Waals surface area contributed by atoms with Gasteiger partial charge in [-0.15, -0.1) is 0 Å². The Bertz CT molecular complexity index is 993. The lowest BCUT2D eigenvalue weighted by molar-refractivity contribution is 0.122. The number of aromatic nitrogens is 1. The van der Waals surface area contributed by atoms with E-state index in [0.29, 0.717) is 35.6 Å². The highest BCUT2D eigenvalue weighted by Gasteiger charge is 2.18. The summed E-state index contributed by atoms with van der Waals surface area (Å²) in [6, 6.07) is 14.6. The number of hydrogen-bond acceptors (Lipinski definition) is 6. The molecule has 1 aliphatic rings. The Morgan fingerprint density at radius 3 is 2.54 bits per heavy atom. The minimum atomic E-state index is -3.59. The van der Waals surface area contributed by atoms with Crippen LogP contribution in [0.4, 0.5) is 11.4 Å². The van der Waals surface area contributed by atoms with Gasteiger partial charge in [-0.25, -0.2) is 8.42 Å². The quantitative estimate of drug-likeness (QED) is 0.740. The second-order valence-corrected chi connectivity index (χ2v) is 7.86. The minimum Gasteiger partial charge on any atom is -0.378 e. The van der Waals surface area contributed by atoms with Crippen LogP contribution in [0.25, 0.3) is 11.0 Å². The molecule has 0 bridgehead atoms. The van der Waals surface area contributed by atoms with Crippen molar-refractivity contribution in [2.45, 2.75) is 5.75 Å². The smallest absolute Gasteiger partial charge is 0.238 e. The molecule has 0 atom stereocenters. The molecule has 1 saturated heterocycles. The van der Waals surface area contributed by atoms with Crippen molar-refractivity contribution < 1.29 is 17.7 Å². The van der Waals surface area contributed by atoms with E-state index in [9.17, 15) is 8.42 Å². The van der Waals surface area contributed by atoms with E-state index >= 15 is 0 Å². The van der Waals surface area contributed by atoms with Crippen LogP contribution in [0, 0.1) is 0 Å². The molecule has 0 saturated carbocycles. The molecule has 26 heavy (non-hydrogen) atoms. The molecule has 2 heterocycles. The zero-order valence-electron chi connectivity index (χ0n) is 14.1. The van der Waals surface area contributed by atoms with Crippen LogP contribution in [0.3, 0.4) is 0 Å². The van der Waals surface area contributed by atoms with Crippen molar-refractivity contribution in [1.29, 1.82) is 0 Å². The molecular formula is C18H19N3O4S. The Kier molecular flexibility index (Phi) is 4.52. The number of hydrogen-bond donors (Lipinski definition) is 1. The third-order valence-corrected chi connectivity index (χ3v) is 5.50. The number of sulfonamides is 1. The van der Waals surface area contributed by atoms with Crippen LogP contribution >= 0.6 is 0 Å². The van der Waals surface area contributed by atoms with Crippen molar-refractivity contribution >= 4 is 32.4 Å². The third kappa shape index (κ3) is 3.66. The SMILES string of the molecule is O=S(=O)(Cc1noc2ccccc12)Nc1ccc(N2CCOCC2)cc1. The molecular weight excluding hydrogens is 354 g/mol. The average molecular weight is 373 g/mol. The molecule has 0 spiro atoms. The van der Waals surface area contributed by atoms with Gasteiger partial charge in [0.15, 0.2) is 5.58 Å². The van der Waals surface area contributed by atoms with E-state index in [0.717, 1.165) is 18.8 Å². The van der Waals surface area contributed by atoms with Gasteiger partial charge in [-0.05, 0) is 36.4 Å². The molecule has 2 aromatic carbocycles. The summed E-state index contributed by atoms with van der Waals surface area (Å²) in [5.41, 5.74) is 2.55. The van der Waals surface area contributed by atoms with Gasteiger partial charge in [-0.3, -0.25) is 4.72 Å². The molecule has 1 N–H and O–H groups in total. The number of fused-ring (bicyclic) bond motifs is 1. The Balaban J connectivity index is 1.47. The van der Waals surface area contributed by atoms with E-state index in [-0.39, 0.29) is 5.75 Å². The van der Waals surface area contributed by atoms with Crippen molar-refractivity contribution in [1.82, 2.24) is 5.16 Å². The lowest BCUT2D eigenvalue weighted by atomic mass is 10.2. The molecule has 0 unspecified atom stereocenters. The van der Waals surface area contributed by atoms with Crippen molar-refractivity contribution in [2.75, 3.05) is 35.9 Å². The highest BCUT2D eigenvalue weighted by molar-refractivity contribution is 7.91. The fourth-order valence-electron chi connectivity index (χ4n) is 3.00. The maximum absolute atomic E-state index is 12.5. The molecule has 7 nitrogen and oxygen atoms in total. The molecule has 1 aliphatic heterocycles. The highest BCUT2D eigenvalue weighted by atomic mass is 32.2. The van der Waals surface area contributed by atoms with Crippen LogP contribution in [0.5, 0.6) is 0 Å². The van der Waals surface area contributed by atoms with Crippen LogP contribution in [-0.4, -0.2) is 39.9 Å². The van der Waals surface area contributed by atoms with Gasteiger partial charge in [0.2, 0.25) is 10.0 Å². The molecule has 1 aromatic heterocycles. The van der Waals surface area contributed by atoms with E-state index in [2.05, 4.69) is 14.8 Å². The molecule has 3 aromatic rings. The van der Waals surface area contributed by atoms with Crippen LogP contribution in [0.2, 0.25) is 0 Å². The third-order valence-electron chi connectivity index (χ3n) is 4.30. The largest absolute Gasteiger partial charge is 0.378 e. The maximum Gasteiger partial charge on any atom is 0.238 e. The minimum absolute atomic E-state index is 0.241. The Labute approximate surface area is 151 Å². The number of morpholine rings is 1. The fraction of sp³-hybridized carbons (Fsp3) is 0.278. The van der Waals surface area contributed by atoms with Gasteiger partial charge in [0.05, 0.1) is 13.2 Å². The van der Waals surface area contributed by atoms with Crippen LogP contribution in [0.1, 0.15) is 5.69 Å².